The molecule has 0 saturated carbocycles. The third-order valence-electron chi connectivity index (χ3n) is 6.10. The molecule has 34 heavy (non-hydrogen) atoms. The number of aromatic nitrogens is 2. The fourth-order valence-corrected chi connectivity index (χ4v) is 4.32. The van der Waals surface area contributed by atoms with Gasteiger partial charge in [0.25, 0.3) is 5.91 Å². The first-order chi connectivity index (χ1) is 16.5. The van der Waals surface area contributed by atoms with Crippen LogP contribution in [0.25, 0.3) is 0 Å². The molecule has 1 aliphatic rings. The number of nitrogens with one attached hydrogen (secondary N) is 2. The largest absolute Gasteiger partial charge is 0.398 e. The number of nitrogens with zero attached hydrogens (tertiary/aromatic N) is 4. The van der Waals surface area contributed by atoms with Crippen molar-refractivity contribution in [2.24, 2.45) is 5.73 Å². The van der Waals surface area contributed by atoms with E-state index in [4.69, 9.17) is 16.5 Å². The number of piperidine rings is 1. The average Bonchev–Trinajstić information content (AvgIpc) is 3.22. The molecule has 0 aliphatic carbocycles. The first-order valence-corrected chi connectivity index (χ1v) is 11.4. The lowest BCUT2D eigenvalue weighted by atomic mass is 10.1. The second kappa shape index (κ2) is 10.3. The molecule has 6 N–H and O–H groups in total. The van der Waals surface area contributed by atoms with Crippen LogP contribution in [0.1, 0.15) is 40.0 Å². The highest BCUT2D eigenvalue weighted by Crippen LogP contribution is 2.28. The maximum absolute atomic E-state index is 13.5. The Hall–Kier alpha value is -4.03. The normalized spacial score (nSPS) is 15.6. The quantitative estimate of drug-likeness (QED) is 0.399. The van der Waals surface area contributed by atoms with Gasteiger partial charge in [0.05, 0.1) is 18.2 Å². The zero-order chi connectivity index (χ0) is 24.1. The number of carbonyl (C=O) groups excluding carboxylic acids is 1. The number of nitrogens with two attached hydrogens (primary N) is 2. The third-order valence-corrected chi connectivity index (χ3v) is 6.10. The van der Waals surface area contributed by atoms with Crippen molar-refractivity contribution in [3.63, 3.8) is 0 Å². The molecular formula is C25H30N8O. The Bertz CT molecular complexity index is 1210. The van der Waals surface area contributed by atoms with Crippen molar-refractivity contribution in [1.82, 2.24) is 14.9 Å². The third kappa shape index (κ3) is 4.82. The zero-order valence-electron chi connectivity index (χ0n) is 19.3. The fraction of sp³-hybridized carbons (Fsp3) is 0.320. The van der Waals surface area contributed by atoms with E-state index in [2.05, 4.69) is 21.6 Å². The van der Waals surface area contributed by atoms with Gasteiger partial charge in [-0.3, -0.25) is 9.36 Å². The van der Waals surface area contributed by atoms with Crippen LogP contribution in [-0.2, 0) is 13.1 Å². The van der Waals surface area contributed by atoms with Gasteiger partial charge in [-0.05, 0) is 36.1 Å². The van der Waals surface area contributed by atoms with Crippen LogP contribution < -0.4 is 27.0 Å². The van der Waals surface area contributed by atoms with Crippen LogP contribution in [0.4, 0.5) is 17.5 Å². The van der Waals surface area contributed by atoms with E-state index in [1.165, 1.54) is 0 Å². The molecule has 0 spiro atoms. The molecule has 1 fully saturated rings. The van der Waals surface area contributed by atoms with E-state index < -0.39 is 0 Å². The summed E-state index contributed by atoms with van der Waals surface area (Å²) in [5.41, 5.74) is 15.7. The maximum Gasteiger partial charge on any atom is 0.272 e. The Morgan fingerprint density at radius 3 is 2.65 bits per heavy atom. The summed E-state index contributed by atoms with van der Waals surface area (Å²) in [5.74, 6) is 0.881. The minimum atomic E-state index is -0.286. The van der Waals surface area contributed by atoms with Crippen LogP contribution in [0.2, 0.25) is 0 Å². The van der Waals surface area contributed by atoms with Gasteiger partial charge < -0.3 is 27.0 Å². The van der Waals surface area contributed by atoms with Crippen LogP contribution in [0, 0.1) is 11.3 Å². The number of carbonyl (C=O) groups is 1. The predicted molar refractivity (Wildman–Crippen MR) is 133 cm³/mol. The number of amides is 1. The lowest BCUT2D eigenvalue weighted by Gasteiger charge is -2.32. The van der Waals surface area contributed by atoms with Gasteiger partial charge in [-0.1, -0.05) is 36.4 Å². The second-order valence-electron chi connectivity index (χ2n) is 8.44. The average molecular weight is 459 g/mol. The number of nitriles is 1. The van der Waals surface area contributed by atoms with E-state index in [-0.39, 0.29) is 18.5 Å². The van der Waals surface area contributed by atoms with Gasteiger partial charge in [-0.25, -0.2) is 0 Å². The number of imidazole rings is 1. The van der Waals surface area contributed by atoms with Crippen LogP contribution in [-0.4, -0.2) is 41.6 Å². The van der Waals surface area contributed by atoms with Gasteiger partial charge >= 0.3 is 0 Å². The minimum Gasteiger partial charge on any atom is -0.398 e. The predicted octanol–water partition coefficient (Wildman–Crippen LogP) is 2.28. The molecule has 2 aromatic carbocycles. The summed E-state index contributed by atoms with van der Waals surface area (Å²) in [5, 5.41) is 15.4. The van der Waals surface area contributed by atoms with Crippen LogP contribution >= 0.6 is 0 Å². The van der Waals surface area contributed by atoms with E-state index >= 15 is 0 Å². The van der Waals surface area contributed by atoms with Gasteiger partial charge in [0.2, 0.25) is 5.95 Å². The first-order valence-electron chi connectivity index (χ1n) is 11.4. The summed E-state index contributed by atoms with van der Waals surface area (Å²) in [4.78, 5) is 20.4. The molecule has 4 rings (SSSR count). The Balaban J connectivity index is 1.71. The molecule has 1 saturated heterocycles. The van der Waals surface area contributed by atoms with Gasteiger partial charge in [-0.15, -0.1) is 0 Å². The van der Waals surface area contributed by atoms with Crippen molar-refractivity contribution in [3.8, 4) is 6.07 Å². The van der Waals surface area contributed by atoms with Crippen molar-refractivity contribution < 1.29 is 4.79 Å². The standard InChI is InChI=1S/C25H30N8O/c1-29-23-22(24(34)30-14-18-8-3-2-7-17(18)13-26)33(15-19-9-4-5-11-21(19)28)25(31-23)32-12-6-10-20(27)16-32/h2-5,7-9,11,20,29H,6,10,12,14-16,27-28H2,1H3,(H,30,34)/t20-/m1/s1. The molecule has 1 aromatic heterocycles. The SMILES string of the molecule is CNc1nc(N2CCC[C@@H](N)C2)n(Cc2ccccc2N)c1C(=O)NCc1ccccc1C#N. The number of anilines is 3. The molecule has 9 nitrogen and oxygen atoms in total. The van der Waals surface area contributed by atoms with E-state index in [0.29, 0.717) is 41.8 Å². The van der Waals surface area contributed by atoms with Crippen LogP contribution in [0.5, 0.6) is 0 Å². The van der Waals surface area contributed by atoms with Crippen LogP contribution in [0.15, 0.2) is 48.5 Å². The summed E-state index contributed by atoms with van der Waals surface area (Å²) in [6.07, 6.45) is 1.93. The zero-order valence-corrected chi connectivity index (χ0v) is 19.3. The van der Waals surface area contributed by atoms with Crippen molar-refractivity contribution in [1.29, 1.82) is 5.26 Å². The lowest BCUT2D eigenvalue weighted by molar-refractivity contribution is 0.0943. The second-order valence-corrected chi connectivity index (χ2v) is 8.44. The summed E-state index contributed by atoms with van der Waals surface area (Å²) in [6, 6.07) is 17.1. The molecular weight excluding hydrogens is 428 g/mol. The van der Waals surface area contributed by atoms with Crippen molar-refractivity contribution in [2.45, 2.75) is 32.0 Å². The summed E-state index contributed by atoms with van der Waals surface area (Å²) in [6.45, 7) is 2.10. The Kier molecular flexibility index (Phi) is 6.99. The molecule has 1 atom stereocenters. The number of hydrogen-bond acceptors (Lipinski definition) is 7. The Labute approximate surface area is 199 Å². The van der Waals surface area contributed by atoms with Gasteiger partial charge in [0.1, 0.15) is 0 Å². The molecule has 0 radical (unpaired) electrons. The molecule has 0 unspecified atom stereocenters. The van der Waals surface area contributed by atoms with Gasteiger partial charge in [0.15, 0.2) is 11.5 Å². The monoisotopic (exact) mass is 458 g/mol. The molecule has 0 bridgehead atoms. The molecule has 1 amide bonds. The summed E-state index contributed by atoms with van der Waals surface area (Å²) >= 11 is 0. The van der Waals surface area contributed by atoms with Crippen LogP contribution in [0.3, 0.4) is 0 Å². The fourth-order valence-electron chi connectivity index (χ4n) is 4.32. The summed E-state index contributed by atoms with van der Waals surface area (Å²) < 4.78 is 1.90. The van der Waals surface area contributed by atoms with Crippen molar-refractivity contribution in [3.05, 3.63) is 70.9 Å². The van der Waals surface area contributed by atoms with Crippen molar-refractivity contribution in [2.75, 3.05) is 36.1 Å². The summed E-state index contributed by atoms with van der Waals surface area (Å²) in [7, 11) is 1.75. The number of benzene rings is 2. The lowest BCUT2D eigenvalue weighted by Crippen LogP contribution is -2.44. The van der Waals surface area contributed by atoms with Gasteiger partial charge in [0, 0.05) is 38.4 Å². The van der Waals surface area contributed by atoms with Crippen molar-refractivity contribution >= 4 is 23.4 Å². The number of hydrogen-bond donors (Lipinski definition) is 4. The highest BCUT2D eigenvalue weighted by atomic mass is 16.2. The van der Waals surface area contributed by atoms with Gasteiger partial charge in [-0.2, -0.15) is 10.2 Å². The molecule has 3 aromatic rings. The molecule has 176 valence electrons. The molecule has 9 heteroatoms. The number of rotatable bonds is 7. The maximum atomic E-state index is 13.5. The Morgan fingerprint density at radius 1 is 1.21 bits per heavy atom. The Morgan fingerprint density at radius 2 is 1.94 bits per heavy atom. The van der Waals surface area contributed by atoms with E-state index in [9.17, 15) is 10.1 Å². The molecule has 1 aliphatic heterocycles. The highest BCUT2D eigenvalue weighted by molar-refractivity contribution is 5.98. The minimum absolute atomic E-state index is 0.0542. The highest BCUT2D eigenvalue weighted by Gasteiger charge is 2.28. The van der Waals surface area contributed by atoms with E-state index in [1.54, 1.807) is 19.2 Å². The van der Waals surface area contributed by atoms with E-state index in [1.807, 2.05) is 41.0 Å². The molecule has 2 heterocycles. The smallest absolute Gasteiger partial charge is 0.272 e. The topological polar surface area (TPSA) is 138 Å². The number of nitrogen functional groups attached to an aromatic ring is 1. The first kappa shape index (κ1) is 23.1. The van der Waals surface area contributed by atoms with E-state index in [0.717, 1.165) is 30.5 Å². The number of para-hydroxylation sites is 1.